The summed E-state index contributed by atoms with van der Waals surface area (Å²) < 4.78 is 37.6. The maximum Gasteiger partial charge on any atom is 0.416 e. The summed E-state index contributed by atoms with van der Waals surface area (Å²) in [5.74, 6) is 0.252. The van der Waals surface area contributed by atoms with Gasteiger partial charge in [0.25, 0.3) is 5.91 Å². The number of thiazole rings is 1. The maximum atomic E-state index is 12.5. The number of amides is 1. The lowest BCUT2D eigenvalue weighted by Crippen LogP contribution is -2.22. The number of halogens is 3. The van der Waals surface area contributed by atoms with Crippen molar-refractivity contribution < 1.29 is 18.0 Å². The van der Waals surface area contributed by atoms with Crippen LogP contribution < -0.4 is 5.32 Å². The fourth-order valence-corrected chi connectivity index (χ4v) is 3.11. The van der Waals surface area contributed by atoms with E-state index in [4.69, 9.17) is 0 Å². The van der Waals surface area contributed by atoms with Crippen molar-refractivity contribution in [1.82, 2.24) is 20.3 Å². The number of rotatable bonds is 4. The van der Waals surface area contributed by atoms with Gasteiger partial charge in [-0.2, -0.15) is 13.2 Å². The number of carbonyl (C=O) groups excluding carboxylic acids is 1. The van der Waals surface area contributed by atoms with E-state index in [1.807, 2.05) is 0 Å². The molecule has 9 heteroatoms. The first-order valence-electron chi connectivity index (χ1n) is 7.26. The molecule has 0 spiro atoms. The molecule has 0 aliphatic carbocycles. The van der Waals surface area contributed by atoms with Crippen LogP contribution in [0.1, 0.15) is 26.5 Å². The highest BCUT2D eigenvalue weighted by Crippen LogP contribution is 2.29. The lowest BCUT2D eigenvalue weighted by Gasteiger charge is -2.08. The zero-order chi connectivity index (χ0) is 18.0. The summed E-state index contributed by atoms with van der Waals surface area (Å²) >= 11 is 1.20. The van der Waals surface area contributed by atoms with Gasteiger partial charge in [-0.1, -0.05) is 12.1 Å². The predicted octanol–water partition coefficient (Wildman–Crippen LogP) is 3.79. The largest absolute Gasteiger partial charge is 0.416 e. The highest BCUT2D eigenvalue weighted by Gasteiger charge is 2.29. The third-order valence-corrected chi connectivity index (χ3v) is 4.60. The smallest absolute Gasteiger partial charge is 0.347 e. The van der Waals surface area contributed by atoms with Gasteiger partial charge in [0.1, 0.15) is 4.88 Å². The molecule has 1 aromatic carbocycles. The molecule has 2 N–H and O–H groups in total. The number of carbonyl (C=O) groups is 1. The van der Waals surface area contributed by atoms with Crippen molar-refractivity contribution in [2.75, 3.05) is 0 Å². The van der Waals surface area contributed by atoms with Crippen LogP contribution in [0.15, 0.2) is 36.7 Å². The standard InChI is InChI=1S/C16H13F3N4OS/c1-9-12(25-15(23-9)13-20-6-7-21-13)14(24)22-8-10-2-4-11(5-3-10)16(17,18)19/h2-7H,8H2,1H3,(H,20,21)(H,22,24). The summed E-state index contributed by atoms with van der Waals surface area (Å²) in [6, 6.07) is 4.68. The third-order valence-electron chi connectivity index (χ3n) is 3.44. The molecular weight excluding hydrogens is 353 g/mol. The molecule has 1 amide bonds. The van der Waals surface area contributed by atoms with Crippen LogP contribution in [-0.2, 0) is 12.7 Å². The summed E-state index contributed by atoms with van der Waals surface area (Å²) in [4.78, 5) is 24.1. The fraction of sp³-hybridized carbons (Fsp3) is 0.188. The van der Waals surface area contributed by atoms with Crippen LogP contribution in [0.5, 0.6) is 0 Å². The first-order chi connectivity index (χ1) is 11.8. The number of imidazole rings is 1. The maximum absolute atomic E-state index is 12.5. The monoisotopic (exact) mass is 366 g/mol. The first kappa shape index (κ1) is 17.2. The van der Waals surface area contributed by atoms with E-state index >= 15 is 0 Å². The Morgan fingerprint density at radius 3 is 2.60 bits per heavy atom. The number of aromatic nitrogens is 3. The third kappa shape index (κ3) is 3.87. The van der Waals surface area contributed by atoms with E-state index in [1.165, 1.54) is 23.5 Å². The Hall–Kier alpha value is -2.68. The van der Waals surface area contributed by atoms with Crippen molar-refractivity contribution >= 4 is 17.2 Å². The van der Waals surface area contributed by atoms with Gasteiger partial charge >= 0.3 is 6.18 Å². The van der Waals surface area contributed by atoms with Gasteiger partial charge in [-0.25, -0.2) is 9.97 Å². The molecule has 3 aromatic rings. The van der Waals surface area contributed by atoms with Gasteiger partial charge < -0.3 is 10.3 Å². The predicted molar refractivity (Wildman–Crippen MR) is 87.0 cm³/mol. The Morgan fingerprint density at radius 1 is 1.28 bits per heavy atom. The van der Waals surface area contributed by atoms with Crippen molar-refractivity contribution in [1.29, 1.82) is 0 Å². The van der Waals surface area contributed by atoms with Gasteiger partial charge in [-0.15, -0.1) is 11.3 Å². The molecule has 2 heterocycles. The summed E-state index contributed by atoms with van der Waals surface area (Å²) in [6.07, 6.45) is -1.11. The number of hydrogen-bond acceptors (Lipinski definition) is 4. The number of aryl methyl sites for hydroxylation is 1. The quantitative estimate of drug-likeness (QED) is 0.738. The lowest BCUT2D eigenvalue weighted by atomic mass is 10.1. The Kier molecular flexibility index (Phi) is 4.58. The second kappa shape index (κ2) is 6.67. The van der Waals surface area contributed by atoms with E-state index in [1.54, 1.807) is 19.3 Å². The Morgan fingerprint density at radius 2 is 2.00 bits per heavy atom. The minimum atomic E-state index is -4.37. The van der Waals surface area contributed by atoms with E-state index in [-0.39, 0.29) is 12.5 Å². The Labute approximate surface area is 145 Å². The van der Waals surface area contributed by atoms with Gasteiger partial charge in [0, 0.05) is 18.9 Å². The van der Waals surface area contributed by atoms with E-state index in [0.29, 0.717) is 27.0 Å². The molecule has 25 heavy (non-hydrogen) atoms. The lowest BCUT2D eigenvalue weighted by molar-refractivity contribution is -0.137. The molecule has 0 fully saturated rings. The molecule has 0 saturated heterocycles. The van der Waals surface area contributed by atoms with Crippen LogP contribution >= 0.6 is 11.3 Å². The van der Waals surface area contributed by atoms with Crippen molar-refractivity contribution in [2.45, 2.75) is 19.6 Å². The van der Waals surface area contributed by atoms with Gasteiger partial charge in [-0.3, -0.25) is 4.79 Å². The molecule has 0 aliphatic rings. The average Bonchev–Trinajstić information content (AvgIpc) is 3.21. The molecule has 3 rings (SSSR count). The number of alkyl halides is 3. The zero-order valence-electron chi connectivity index (χ0n) is 13.0. The van der Waals surface area contributed by atoms with E-state index in [0.717, 1.165) is 12.1 Å². The molecule has 2 aromatic heterocycles. The summed E-state index contributed by atoms with van der Waals surface area (Å²) in [5.41, 5.74) is 0.431. The summed E-state index contributed by atoms with van der Waals surface area (Å²) in [6.45, 7) is 1.85. The summed E-state index contributed by atoms with van der Waals surface area (Å²) in [7, 11) is 0. The second-order valence-electron chi connectivity index (χ2n) is 5.25. The minimum Gasteiger partial charge on any atom is -0.347 e. The Bertz CT molecular complexity index is 870. The highest BCUT2D eigenvalue weighted by atomic mass is 32.1. The zero-order valence-corrected chi connectivity index (χ0v) is 13.8. The molecule has 0 atom stereocenters. The van der Waals surface area contributed by atoms with Gasteiger partial charge in [0.2, 0.25) is 0 Å². The molecule has 0 saturated carbocycles. The van der Waals surface area contributed by atoms with Crippen LogP contribution in [0.4, 0.5) is 13.2 Å². The SMILES string of the molecule is Cc1nc(-c2ncc[nH]2)sc1C(=O)NCc1ccc(C(F)(F)F)cc1. The van der Waals surface area contributed by atoms with E-state index in [9.17, 15) is 18.0 Å². The van der Waals surface area contributed by atoms with Crippen molar-refractivity contribution in [3.05, 3.63) is 58.4 Å². The number of nitrogens with one attached hydrogen (secondary N) is 2. The van der Waals surface area contributed by atoms with Gasteiger partial charge in [0.15, 0.2) is 10.8 Å². The topological polar surface area (TPSA) is 70.7 Å². The Balaban J connectivity index is 1.67. The highest BCUT2D eigenvalue weighted by molar-refractivity contribution is 7.17. The summed E-state index contributed by atoms with van der Waals surface area (Å²) in [5, 5.41) is 3.29. The number of H-pyrrole nitrogens is 1. The van der Waals surface area contributed by atoms with Crippen LogP contribution in [0, 0.1) is 6.92 Å². The van der Waals surface area contributed by atoms with Crippen LogP contribution in [0.25, 0.3) is 10.8 Å². The van der Waals surface area contributed by atoms with Gasteiger partial charge in [-0.05, 0) is 24.6 Å². The number of hydrogen-bond donors (Lipinski definition) is 2. The minimum absolute atomic E-state index is 0.129. The van der Waals surface area contributed by atoms with Crippen molar-refractivity contribution in [3.8, 4) is 10.8 Å². The molecule has 0 unspecified atom stereocenters. The molecule has 0 aliphatic heterocycles. The number of aromatic amines is 1. The van der Waals surface area contributed by atoms with Crippen LogP contribution in [0.2, 0.25) is 0 Å². The molecule has 130 valence electrons. The normalized spacial score (nSPS) is 11.5. The fourth-order valence-electron chi connectivity index (χ4n) is 2.16. The first-order valence-corrected chi connectivity index (χ1v) is 8.08. The molecule has 0 radical (unpaired) electrons. The number of benzene rings is 1. The second-order valence-corrected chi connectivity index (χ2v) is 6.25. The molecular formula is C16H13F3N4OS. The van der Waals surface area contributed by atoms with E-state index < -0.39 is 11.7 Å². The molecule has 5 nitrogen and oxygen atoms in total. The van der Waals surface area contributed by atoms with Gasteiger partial charge in [0.05, 0.1) is 11.3 Å². The van der Waals surface area contributed by atoms with E-state index in [2.05, 4.69) is 20.3 Å². The molecule has 0 bridgehead atoms. The van der Waals surface area contributed by atoms with Crippen molar-refractivity contribution in [3.63, 3.8) is 0 Å². The van der Waals surface area contributed by atoms with Crippen LogP contribution in [-0.4, -0.2) is 20.9 Å². The van der Waals surface area contributed by atoms with Crippen LogP contribution in [0.3, 0.4) is 0 Å². The average molecular weight is 366 g/mol. The number of nitrogens with zero attached hydrogens (tertiary/aromatic N) is 2. The van der Waals surface area contributed by atoms with Crippen molar-refractivity contribution in [2.24, 2.45) is 0 Å².